The lowest BCUT2D eigenvalue weighted by molar-refractivity contribution is -0.116. The molecule has 0 fully saturated rings. The van der Waals surface area contributed by atoms with E-state index in [1.807, 2.05) is 35.7 Å². The fraction of sp³-hybridized carbons (Fsp3) is 0.100. The van der Waals surface area contributed by atoms with Crippen molar-refractivity contribution < 1.29 is 9.21 Å². The number of carbonyl (C=O) groups is 1. The van der Waals surface area contributed by atoms with Gasteiger partial charge in [0.1, 0.15) is 10.5 Å². The zero-order chi connectivity index (χ0) is 19.5. The van der Waals surface area contributed by atoms with Crippen molar-refractivity contribution >= 4 is 51.6 Å². The van der Waals surface area contributed by atoms with E-state index >= 15 is 0 Å². The summed E-state index contributed by atoms with van der Waals surface area (Å²) in [5.41, 5.74) is 2.95. The number of hydrogen-bond donors (Lipinski definition) is 0. The Kier molecular flexibility index (Phi) is 5.44. The Bertz CT molecular complexity index is 1180. The van der Waals surface area contributed by atoms with Gasteiger partial charge in [0.05, 0.1) is 17.5 Å². The molecule has 0 aliphatic rings. The number of Topliss-reactive ketones (excluding diaryl/α,β-unsaturated/α-hetero) is 1. The van der Waals surface area contributed by atoms with Gasteiger partial charge in [0.2, 0.25) is 0 Å². The van der Waals surface area contributed by atoms with Gasteiger partial charge in [0.25, 0.3) is 5.22 Å². The van der Waals surface area contributed by atoms with Crippen molar-refractivity contribution in [3.8, 4) is 17.3 Å². The van der Waals surface area contributed by atoms with Gasteiger partial charge in [-0.25, -0.2) is 9.97 Å². The summed E-state index contributed by atoms with van der Waals surface area (Å²) < 4.78 is 5.60. The second-order valence-corrected chi connectivity index (χ2v) is 8.10. The number of thiazole rings is 1. The van der Waals surface area contributed by atoms with Crippen LogP contribution in [0.3, 0.4) is 0 Å². The Balaban J connectivity index is 1.47. The zero-order valence-electron chi connectivity index (χ0n) is 14.3. The Labute approximate surface area is 174 Å². The van der Waals surface area contributed by atoms with E-state index < -0.39 is 5.92 Å². The minimum absolute atomic E-state index is 0.0685. The van der Waals surface area contributed by atoms with Crippen LogP contribution in [0, 0.1) is 11.3 Å². The van der Waals surface area contributed by atoms with Crippen molar-refractivity contribution in [2.45, 2.75) is 11.1 Å². The molecule has 1 unspecified atom stereocenters. The summed E-state index contributed by atoms with van der Waals surface area (Å²) in [7, 11) is 0. The molecule has 0 spiro atoms. The maximum Gasteiger partial charge on any atom is 0.257 e. The van der Waals surface area contributed by atoms with Crippen molar-refractivity contribution in [1.29, 1.82) is 5.26 Å². The molecule has 1 atom stereocenters. The average Bonchev–Trinajstić information content (AvgIpc) is 3.34. The second-order valence-electron chi connectivity index (χ2n) is 5.85. The number of nitrogens with zero attached hydrogens (tertiary/aromatic N) is 3. The van der Waals surface area contributed by atoms with Crippen LogP contribution in [0.1, 0.15) is 10.9 Å². The summed E-state index contributed by atoms with van der Waals surface area (Å²) in [6.07, 6.45) is 0. The monoisotopic (exact) mass is 425 g/mol. The highest BCUT2D eigenvalue weighted by atomic mass is 35.5. The van der Waals surface area contributed by atoms with E-state index in [1.54, 1.807) is 18.2 Å². The molecule has 0 aliphatic carbocycles. The lowest BCUT2D eigenvalue weighted by Crippen LogP contribution is -2.13. The first-order valence-electron chi connectivity index (χ1n) is 8.26. The first-order valence-corrected chi connectivity index (χ1v) is 10.5. The summed E-state index contributed by atoms with van der Waals surface area (Å²) >= 11 is 8.41. The highest BCUT2D eigenvalue weighted by Gasteiger charge is 2.24. The Morgan fingerprint density at radius 1 is 1.25 bits per heavy atom. The molecule has 2 aromatic heterocycles. The number of ketones is 1. The molecule has 2 heterocycles. The molecule has 0 saturated carbocycles. The van der Waals surface area contributed by atoms with Crippen LogP contribution in [0.5, 0.6) is 0 Å². The van der Waals surface area contributed by atoms with Crippen molar-refractivity contribution in [2.75, 3.05) is 5.75 Å². The molecule has 138 valence electrons. The van der Waals surface area contributed by atoms with E-state index in [2.05, 4.69) is 16.0 Å². The normalized spacial score (nSPS) is 12.0. The molecule has 0 N–H and O–H groups in total. The standard InChI is InChI=1S/C20H12ClN3O2S2/c21-13-6-7-15-18(8-13)26-20(24-15)28-11-17(25)14(9-22)19-23-16(10-27-19)12-4-2-1-3-5-12/h1-8,10,14H,11H2. The van der Waals surface area contributed by atoms with Gasteiger partial charge in [-0.2, -0.15) is 5.26 Å². The number of hydrogen-bond acceptors (Lipinski definition) is 7. The molecular formula is C20H12ClN3O2S2. The number of thioether (sulfide) groups is 1. The molecule has 0 bridgehead atoms. The van der Waals surface area contributed by atoms with Crippen LogP contribution in [0.4, 0.5) is 0 Å². The maximum absolute atomic E-state index is 12.6. The SMILES string of the molecule is N#CC(C(=O)CSc1nc2ccc(Cl)cc2o1)c1nc(-c2ccccc2)cs1. The van der Waals surface area contributed by atoms with Gasteiger partial charge in [-0.1, -0.05) is 53.7 Å². The van der Waals surface area contributed by atoms with Crippen molar-refractivity contribution in [3.63, 3.8) is 0 Å². The third-order valence-corrected chi connectivity index (χ3v) is 5.95. The van der Waals surface area contributed by atoms with Crippen LogP contribution >= 0.6 is 34.7 Å². The number of oxazole rings is 1. The third-order valence-electron chi connectivity index (χ3n) is 3.96. The largest absolute Gasteiger partial charge is 0.431 e. The van der Waals surface area contributed by atoms with E-state index in [0.29, 0.717) is 26.4 Å². The van der Waals surface area contributed by atoms with Gasteiger partial charge < -0.3 is 4.42 Å². The first-order chi connectivity index (χ1) is 13.6. The summed E-state index contributed by atoms with van der Waals surface area (Å²) in [6.45, 7) is 0. The van der Waals surface area contributed by atoms with Crippen molar-refractivity contribution in [1.82, 2.24) is 9.97 Å². The predicted molar refractivity (Wildman–Crippen MR) is 111 cm³/mol. The molecule has 28 heavy (non-hydrogen) atoms. The van der Waals surface area contributed by atoms with Gasteiger partial charge in [0.15, 0.2) is 17.3 Å². The van der Waals surface area contributed by atoms with E-state index in [4.69, 9.17) is 16.0 Å². The van der Waals surface area contributed by atoms with E-state index in [9.17, 15) is 10.1 Å². The Morgan fingerprint density at radius 3 is 2.86 bits per heavy atom. The molecule has 5 nitrogen and oxygen atoms in total. The average molecular weight is 426 g/mol. The molecule has 0 radical (unpaired) electrons. The zero-order valence-corrected chi connectivity index (χ0v) is 16.7. The van der Waals surface area contributed by atoms with Crippen LogP contribution in [0.2, 0.25) is 5.02 Å². The van der Waals surface area contributed by atoms with Gasteiger partial charge >= 0.3 is 0 Å². The number of fused-ring (bicyclic) bond motifs is 1. The molecule has 2 aromatic carbocycles. The molecule has 4 rings (SSSR count). The molecule has 8 heteroatoms. The van der Waals surface area contributed by atoms with Gasteiger partial charge in [-0.05, 0) is 12.1 Å². The lowest BCUT2D eigenvalue weighted by Gasteiger charge is -2.03. The van der Waals surface area contributed by atoms with Crippen molar-refractivity contribution in [2.24, 2.45) is 0 Å². The van der Waals surface area contributed by atoms with Crippen molar-refractivity contribution in [3.05, 3.63) is 63.9 Å². The van der Waals surface area contributed by atoms with Crippen LogP contribution in [0.25, 0.3) is 22.4 Å². The smallest absolute Gasteiger partial charge is 0.257 e. The number of carbonyl (C=O) groups excluding carboxylic acids is 1. The van der Waals surface area contributed by atoms with E-state index in [-0.39, 0.29) is 11.5 Å². The van der Waals surface area contributed by atoms with E-state index in [0.717, 1.165) is 23.0 Å². The first kappa shape index (κ1) is 18.7. The third kappa shape index (κ3) is 3.94. The number of aromatic nitrogens is 2. The summed E-state index contributed by atoms with van der Waals surface area (Å²) in [6, 6.07) is 16.9. The van der Waals surface area contributed by atoms with Crippen LogP contribution < -0.4 is 0 Å². The minimum Gasteiger partial charge on any atom is -0.431 e. The highest BCUT2D eigenvalue weighted by Crippen LogP contribution is 2.30. The minimum atomic E-state index is -0.909. The topological polar surface area (TPSA) is 79.8 Å². The van der Waals surface area contributed by atoms with Crippen LogP contribution in [0.15, 0.2) is 63.6 Å². The predicted octanol–water partition coefficient (Wildman–Crippen LogP) is 5.57. The van der Waals surface area contributed by atoms with Crippen LogP contribution in [-0.2, 0) is 4.79 Å². The molecule has 0 aliphatic heterocycles. The fourth-order valence-corrected chi connectivity index (χ4v) is 4.38. The summed E-state index contributed by atoms with van der Waals surface area (Å²) in [5.74, 6) is -1.07. The molecule has 4 aromatic rings. The number of halogens is 1. The highest BCUT2D eigenvalue weighted by molar-refractivity contribution is 7.99. The quantitative estimate of drug-likeness (QED) is 0.375. The molecule has 0 amide bonds. The second kappa shape index (κ2) is 8.15. The van der Waals surface area contributed by atoms with Gasteiger partial charge in [-0.15, -0.1) is 11.3 Å². The Hall–Kier alpha value is -2.66. The van der Waals surface area contributed by atoms with E-state index in [1.165, 1.54) is 11.3 Å². The fourth-order valence-electron chi connectivity index (χ4n) is 2.58. The van der Waals surface area contributed by atoms with Crippen LogP contribution in [-0.4, -0.2) is 21.5 Å². The number of nitriles is 1. The summed E-state index contributed by atoms with van der Waals surface area (Å²) in [5, 5.41) is 12.8. The lowest BCUT2D eigenvalue weighted by atomic mass is 10.1. The summed E-state index contributed by atoms with van der Waals surface area (Å²) in [4.78, 5) is 21.4. The molecule has 0 saturated heterocycles. The Morgan fingerprint density at radius 2 is 2.07 bits per heavy atom. The molecular weight excluding hydrogens is 414 g/mol. The van der Waals surface area contributed by atoms with Gasteiger partial charge in [0, 0.05) is 22.0 Å². The maximum atomic E-state index is 12.6. The number of benzene rings is 2. The number of rotatable bonds is 6. The van der Waals surface area contributed by atoms with Gasteiger partial charge in [-0.3, -0.25) is 4.79 Å².